The second kappa shape index (κ2) is 4.97. The van der Waals surface area contributed by atoms with Gasteiger partial charge in [0.25, 0.3) is 0 Å². The van der Waals surface area contributed by atoms with Gasteiger partial charge >= 0.3 is 0 Å². The van der Waals surface area contributed by atoms with E-state index in [1.165, 1.54) is 0 Å². The predicted molar refractivity (Wildman–Crippen MR) is 62.3 cm³/mol. The third-order valence-electron chi connectivity index (χ3n) is 3.34. The fourth-order valence-corrected chi connectivity index (χ4v) is 2.15. The zero-order valence-corrected chi connectivity index (χ0v) is 10.4. The van der Waals surface area contributed by atoms with Crippen LogP contribution in [0.15, 0.2) is 0 Å². The largest absolute Gasteiger partial charge is 0.341 e. The molecule has 1 fully saturated rings. The molecule has 2 unspecified atom stereocenters. The standard InChI is InChI=1S/C12H24N2O/c1-8(2)5-11(13)12(15)14-6-9(3)10(4)7-14/h8-11H,5-7,13H2,1-4H3/t9?,10?,11-/m0/s1. The second-order valence-corrected chi connectivity index (χ2v) is 5.43. The summed E-state index contributed by atoms with van der Waals surface area (Å²) in [4.78, 5) is 13.9. The Hall–Kier alpha value is -0.570. The maximum Gasteiger partial charge on any atom is 0.239 e. The summed E-state index contributed by atoms with van der Waals surface area (Å²) in [7, 11) is 0. The van der Waals surface area contributed by atoms with E-state index < -0.39 is 0 Å². The van der Waals surface area contributed by atoms with Gasteiger partial charge in [0.15, 0.2) is 0 Å². The van der Waals surface area contributed by atoms with E-state index in [1.54, 1.807) is 0 Å². The predicted octanol–water partition coefficient (Wildman–Crippen LogP) is 1.47. The van der Waals surface area contributed by atoms with Crippen molar-refractivity contribution in [2.75, 3.05) is 13.1 Å². The number of hydrogen-bond donors (Lipinski definition) is 1. The number of carbonyl (C=O) groups excluding carboxylic acids is 1. The molecule has 0 aromatic heterocycles. The van der Waals surface area contributed by atoms with Crippen molar-refractivity contribution in [1.82, 2.24) is 4.90 Å². The van der Waals surface area contributed by atoms with Crippen LogP contribution in [0.1, 0.15) is 34.1 Å². The molecule has 0 aromatic rings. The molecule has 1 aliphatic heterocycles. The zero-order valence-electron chi connectivity index (χ0n) is 10.4. The molecule has 15 heavy (non-hydrogen) atoms. The minimum absolute atomic E-state index is 0.139. The van der Waals surface area contributed by atoms with Crippen LogP contribution >= 0.6 is 0 Å². The van der Waals surface area contributed by atoms with Crippen LogP contribution in [0.25, 0.3) is 0 Å². The van der Waals surface area contributed by atoms with E-state index in [2.05, 4.69) is 27.7 Å². The normalized spacial score (nSPS) is 28.5. The van der Waals surface area contributed by atoms with Gasteiger partial charge in [0.05, 0.1) is 6.04 Å². The number of nitrogens with two attached hydrogens (primary N) is 1. The van der Waals surface area contributed by atoms with Crippen LogP contribution in [-0.2, 0) is 4.79 Å². The molecule has 0 saturated carbocycles. The minimum atomic E-state index is -0.303. The zero-order chi connectivity index (χ0) is 11.6. The van der Waals surface area contributed by atoms with E-state index >= 15 is 0 Å². The molecule has 3 heteroatoms. The summed E-state index contributed by atoms with van der Waals surface area (Å²) < 4.78 is 0. The quantitative estimate of drug-likeness (QED) is 0.770. The highest BCUT2D eigenvalue weighted by molar-refractivity contribution is 5.81. The van der Waals surface area contributed by atoms with Crippen LogP contribution in [0.3, 0.4) is 0 Å². The van der Waals surface area contributed by atoms with Crippen LogP contribution in [0.5, 0.6) is 0 Å². The van der Waals surface area contributed by atoms with E-state index in [0.29, 0.717) is 17.8 Å². The summed E-state index contributed by atoms with van der Waals surface area (Å²) >= 11 is 0. The van der Waals surface area contributed by atoms with Crippen molar-refractivity contribution in [2.24, 2.45) is 23.5 Å². The van der Waals surface area contributed by atoms with Crippen LogP contribution in [0.4, 0.5) is 0 Å². The molecule has 1 aliphatic rings. The SMILES string of the molecule is CC(C)C[C@H](N)C(=O)N1CC(C)C(C)C1. The maximum absolute atomic E-state index is 12.0. The van der Waals surface area contributed by atoms with E-state index in [9.17, 15) is 4.79 Å². The first-order valence-electron chi connectivity index (χ1n) is 5.96. The van der Waals surface area contributed by atoms with Crippen molar-refractivity contribution in [2.45, 2.75) is 40.2 Å². The van der Waals surface area contributed by atoms with Gasteiger partial charge in [0, 0.05) is 13.1 Å². The molecule has 1 heterocycles. The molecule has 2 N–H and O–H groups in total. The van der Waals surface area contributed by atoms with E-state index in [1.807, 2.05) is 4.90 Å². The molecule has 0 radical (unpaired) electrons. The van der Waals surface area contributed by atoms with Crippen LogP contribution in [0, 0.1) is 17.8 Å². The summed E-state index contributed by atoms with van der Waals surface area (Å²) in [5.41, 5.74) is 5.90. The van der Waals surface area contributed by atoms with Crippen molar-refractivity contribution in [3.63, 3.8) is 0 Å². The lowest BCUT2D eigenvalue weighted by Crippen LogP contribution is -2.43. The number of carbonyl (C=O) groups is 1. The summed E-state index contributed by atoms with van der Waals surface area (Å²) in [6.45, 7) is 10.4. The molecule has 3 atom stereocenters. The van der Waals surface area contributed by atoms with E-state index in [4.69, 9.17) is 5.73 Å². The number of nitrogens with zero attached hydrogens (tertiary/aromatic N) is 1. The Balaban J connectivity index is 2.47. The smallest absolute Gasteiger partial charge is 0.239 e. The summed E-state index contributed by atoms with van der Waals surface area (Å²) in [5, 5.41) is 0. The van der Waals surface area contributed by atoms with Gasteiger partial charge in [-0.05, 0) is 24.2 Å². The number of hydrogen-bond acceptors (Lipinski definition) is 2. The van der Waals surface area contributed by atoms with Crippen molar-refractivity contribution >= 4 is 5.91 Å². The number of rotatable bonds is 3. The minimum Gasteiger partial charge on any atom is -0.341 e. The first-order valence-corrected chi connectivity index (χ1v) is 5.96. The monoisotopic (exact) mass is 212 g/mol. The number of amides is 1. The lowest BCUT2D eigenvalue weighted by molar-refractivity contribution is -0.132. The third kappa shape index (κ3) is 3.20. The third-order valence-corrected chi connectivity index (χ3v) is 3.34. The van der Waals surface area contributed by atoms with Crippen molar-refractivity contribution in [1.29, 1.82) is 0 Å². The molecule has 0 spiro atoms. The van der Waals surface area contributed by atoms with Crippen LogP contribution in [0.2, 0.25) is 0 Å². The first kappa shape index (κ1) is 12.5. The summed E-state index contributed by atoms with van der Waals surface area (Å²) in [6.07, 6.45) is 0.790. The van der Waals surface area contributed by atoms with Crippen LogP contribution in [-0.4, -0.2) is 29.9 Å². The van der Waals surface area contributed by atoms with Crippen molar-refractivity contribution < 1.29 is 4.79 Å². The van der Waals surface area contributed by atoms with Gasteiger partial charge in [-0.1, -0.05) is 27.7 Å². The van der Waals surface area contributed by atoms with Crippen molar-refractivity contribution in [3.05, 3.63) is 0 Å². The number of likely N-dealkylation sites (tertiary alicyclic amines) is 1. The highest BCUT2D eigenvalue weighted by atomic mass is 16.2. The van der Waals surface area contributed by atoms with Gasteiger partial charge < -0.3 is 10.6 Å². The second-order valence-electron chi connectivity index (χ2n) is 5.43. The molecule has 3 nitrogen and oxygen atoms in total. The molecule has 0 aliphatic carbocycles. The van der Waals surface area contributed by atoms with Gasteiger partial charge in [-0.15, -0.1) is 0 Å². The Morgan fingerprint density at radius 3 is 2.20 bits per heavy atom. The van der Waals surface area contributed by atoms with Gasteiger partial charge in [-0.2, -0.15) is 0 Å². The molecular weight excluding hydrogens is 188 g/mol. The van der Waals surface area contributed by atoms with Gasteiger partial charge in [-0.25, -0.2) is 0 Å². The van der Waals surface area contributed by atoms with Crippen molar-refractivity contribution in [3.8, 4) is 0 Å². The highest BCUT2D eigenvalue weighted by Crippen LogP contribution is 2.23. The molecule has 88 valence electrons. The van der Waals surface area contributed by atoms with Gasteiger partial charge in [0.1, 0.15) is 0 Å². The lowest BCUT2D eigenvalue weighted by atomic mass is 10.0. The molecule has 1 amide bonds. The average Bonchev–Trinajstić information content (AvgIpc) is 2.44. The van der Waals surface area contributed by atoms with Crippen LogP contribution < -0.4 is 5.73 Å². The molecule has 0 bridgehead atoms. The Labute approximate surface area is 93.0 Å². The topological polar surface area (TPSA) is 46.3 Å². The molecule has 1 rings (SSSR count). The maximum atomic E-state index is 12.0. The van der Waals surface area contributed by atoms with E-state index in [-0.39, 0.29) is 11.9 Å². The Morgan fingerprint density at radius 2 is 1.80 bits per heavy atom. The Morgan fingerprint density at radius 1 is 1.33 bits per heavy atom. The summed E-state index contributed by atoms with van der Waals surface area (Å²) in [5.74, 6) is 1.85. The Kier molecular flexibility index (Phi) is 4.14. The summed E-state index contributed by atoms with van der Waals surface area (Å²) in [6, 6.07) is -0.303. The molecular formula is C12H24N2O. The fourth-order valence-electron chi connectivity index (χ4n) is 2.15. The molecule has 1 saturated heterocycles. The first-order chi connectivity index (χ1) is 6.91. The average molecular weight is 212 g/mol. The Bertz CT molecular complexity index is 218. The lowest BCUT2D eigenvalue weighted by Gasteiger charge is -2.21. The van der Waals surface area contributed by atoms with Gasteiger partial charge in [-0.3, -0.25) is 4.79 Å². The molecule has 0 aromatic carbocycles. The van der Waals surface area contributed by atoms with Gasteiger partial charge in [0.2, 0.25) is 5.91 Å². The fraction of sp³-hybridized carbons (Fsp3) is 0.917. The van der Waals surface area contributed by atoms with E-state index in [0.717, 1.165) is 19.5 Å². The highest BCUT2D eigenvalue weighted by Gasteiger charge is 2.31.